The molecular weight excluding hydrogens is 372 g/mol. The van der Waals surface area contributed by atoms with Crippen LogP contribution in [0.5, 0.6) is 11.5 Å². The molecule has 9 heteroatoms. The highest BCUT2D eigenvalue weighted by Gasteiger charge is 2.03. The van der Waals surface area contributed by atoms with Gasteiger partial charge in [0.1, 0.15) is 18.1 Å². The van der Waals surface area contributed by atoms with Gasteiger partial charge >= 0.3 is 0 Å². The molecule has 9 nitrogen and oxygen atoms in total. The number of nitrogens with one attached hydrogen (secondary N) is 3. The molecular formula is C20H22N6O3. The zero-order valence-electron chi connectivity index (χ0n) is 16.2. The third-order valence-corrected chi connectivity index (χ3v) is 3.76. The second-order valence-corrected chi connectivity index (χ2v) is 6.00. The summed E-state index contributed by atoms with van der Waals surface area (Å²) in [6.45, 7) is 2.48. The summed E-state index contributed by atoms with van der Waals surface area (Å²) in [6.07, 6.45) is 1.54. The Balaban J connectivity index is 1.48. The highest BCUT2D eigenvalue weighted by molar-refractivity contribution is 5.88. The van der Waals surface area contributed by atoms with E-state index in [2.05, 4.69) is 31.1 Å². The average molecular weight is 394 g/mol. The standard InChI is InChI=1S/C20H22N6O3/c1-14(27)23-15-3-5-16(6-4-15)24-20-25-19(13-22-26-20)21-11-12-29-18-9-7-17(28-2)8-10-18/h3-10,13H,11-12H2,1-2H3,(H,23,27)(H2,21,24,25,26). The normalized spacial score (nSPS) is 10.1. The van der Waals surface area contributed by atoms with Gasteiger partial charge in [-0.2, -0.15) is 10.1 Å². The van der Waals surface area contributed by atoms with Crippen LogP contribution in [0.4, 0.5) is 23.1 Å². The van der Waals surface area contributed by atoms with Crippen molar-refractivity contribution in [3.8, 4) is 11.5 Å². The summed E-state index contributed by atoms with van der Waals surface area (Å²) in [5.41, 5.74) is 1.50. The molecule has 0 unspecified atom stereocenters. The topological polar surface area (TPSA) is 110 Å². The number of hydrogen-bond acceptors (Lipinski definition) is 8. The van der Waals surface area contributed by atoms with Crippen LogP contribution in [0.2, 0.25) is 0 Å². The van der Waals surface area contributed by atoms with Crippen molar-refractivity contribution in [3.63, 3.8) is 0 Å². The van der Waals surface area contributed by atoms with Crippen molar-refractivity contribution < 1.29 is 14.3 Å². The lowest BCUT2D eigenvalue weighted by atomic mass is 10.3. The summed E-state index contributed by atoms with van der Waals surface area (Å²) in [5.74, 6) is 2.37. The van der Waals surface area contributed by atoms with Crippen LogP contribution in [-0.4, -0.2) is 41.3 Å². The summed E-state index contributed by atoms with van der Waals surface area (Å²) in [6, 6.07) is 14.6. The van der Waals surface area contributed by atoms with Crippen molar-refractivity contribution in [2.75, 3.05) is 36.2 Å². The number of hydrogen-bond donors (Lipinski definition) is 3. The number of carbonyl (C=O) groups is 1. The van der Waals surface area contributed by atoms with Crippen LogP contribution >= 0.6 is 0 Å². The SMILES string of the molecule is COc1ccc(OCCNc2cnnc(Nc3ccc(NC(C)=O)cc3)n2)cc1. The first-order valence-electron chi connectivity index (χ1n) is 8.97. The minimum atomic E-state index is -0.118. The van der Waals surface area contributed by atoms with Crippen molar-refractivity contribution >= 4 is 29.0 Å². The van der Waals surface area contributed by atoms with Crippen molar-refractivity contribution in [2.45, 2.75) is 6.92 Å². The molecule has 29 heavy (non-hydrogen) atoms. The summed E-state index contributed by atoms with van der Waals surface area (Å²) in [4.78, 5) is 15.4. The van der Waals surface area contributed by atoms with Gasteiger partial charge in [0.2, 0.25) is 11.9 Å². The van der Waals surface area contributed by atoms with E-state index in [0.717, 1.165) is 22.9 Å². The Kier molecular flexibility index (Phi) is 6.77. The average Bonchev–Trinajstić information content (AvgIpc) is 2.73. The van der Waals surface area contributed by atoms with E-state index in [1.54, 1.807) is 25.4 Å². The van der Waals surface area contributed by atoms with Gasteiger partial charge in [-0.15, -0.1) is 5.10 Å². The molecule has 0 aliphatic carbocycles. The summed E-state index contributed by atoms with van der Waals surface area (Å²) in [7, 11) is 1.62. The van der Waals surface area contributed by atoms with Gasteiger partial charge in [-0.1, -0.05) is 0 Å². The Hall–Kier alpha value is -3.88. The van der Waals surface area contributed by atoms with E-state index < -0.39 is 0 Å². The maximum atomic E-state index is 11.1. The van der Waals surface area contributed by atoms with Crippen LogP contribution in [0.3, 0.4) is 0 Å². The zero-order chi connectivity index (χ0) is 20.5. The lowest BCUT2D eigenvalue weighted by Gasteiger charge is -2.10. The Morgan fingerprint density at radius 3 is 2.38 bits per heavy atom. The number of amides is 1. The number of rotatable bonds is 9. The molecule has 0 spiro atoms. The Morgan fingerprint density at radius 2 is 1.69 bits per heavy atom. The minimum Gasteiger partial charge on any atom is -0.497 e. The van der Waals surface area contributed by atoms with Gasteiger partial charge in [-0.25, -0.2) is 0 Å². The number of anilines is 4. The maximum absolute atomic E-state index is 11.1. The van der Waals surface area contributed by atoms with Crippen LogP contribution in [0, 0.1) is 0 Å². The fourth-order valence-corrected chi connectivity index (χ4v) is 2.43. The molecule has 1 heterocycles. The third kappa shape index (κ3) is 6.35. The first-order chi connectivity index (χ1) is 14.1. The molecule has 0 aliphatic rings. The monoisotopic (exact) mass is 394 g/mol. The maximum Gasteiger partial charge on any atom is 0.249 e. The minimum absolute atomic E-state index is 0.118. The molecule has 1 amide bonds. The molecule has 3 aromatic rings. The predicted octanol–water partition coefficient (Wildman–Crippen LogP) is 3.07. The highest BCUT2D eigenvalue weighted by atomic mass is 16.5. The number of aromatic nitrogens is 3. The Morgan fingerprint density at radius 1 is 1.00 bits per heavy atom. The van der Waals surface area contributed by atoms with E-state index in [1.165, 1.54) is 6.92 Å². The molecule has 0 radical (unpaired) electrons. The van der Waals surface area contributed by atoms with Crippen LogP contribution in [-0.2, 0) is 4.79 Å². The van der Waals surface area contributed by atoms with E-state index >= 15 is 0 Å². The second kappa shape index (κ2) is 9.88. The van der Waals surface area contributed by atoms with Crippen LogP contribution in [0.15, 0.2) is 54.7 Å². The quantitative estimate of drug-likeness (QED) is 0.475. The van der Waals surface area contributed by atoms with Crippen molar-refractivity contribution in [1.29, 1.82) is 0 Å². The van der Waals surface area contributed by atoms with Crippen LogP contribution < -0.4 is 25.4 Å². The number of ether oxygens (including phenoxy) is 2. The molecule has 0 aliphatic heterocycles. The van der Waals surface area contributed by atoms with Crippen LogP contribution in [0.25, 0.3) is 0 Å². The highest BCUT2D eigenvalue weighted by Crippen LogP contribution is 2.18. The van der Waals surface area contributed by atoms with Gasteiger partial charge in [-0.05, 0) is 48.5 Å². The Labute approximate surface area is 168 Å². The van der Waals surface area contributed by atoms with E-state index in [1.807, 2.05) is 36.4 Å². The second-order valence-electron chi connectivity index (χ2n) is 6.00. The number of carbonyl (C=O) groups excluding carboxylic acids is 1. The van der Waals surface area contributed by atoms with Gasteiger partial charge < -0.3 is 25.4 Å². The van der Waals surface area contributed by atoms with Gasteiger partial charge in [-0.3, -0.25) is 4.79 Å². The van der Waals surface area contributed by atoms with E-state index in [4.69, 9.17) is 9.47 Å². The first kappa shape index (κ1) is 19.9. The fourth-order valence-electron chi connectivity index (χ4n) is 2.43. The van der Waals surface area contributed by atoms with Gasteiger partial charge in [0.15, 0.2) is 5.82 Å². The molecule has 3 N–H and O–H groups in total. The van der Waals surface area contributed by atoms with E-state index in [0.29, 0.717) is 24.9 Å². The largest absolute Gasteiger partial charge is 0.497 e. The summed E-state index contributed by atoms with van der Waals surface area (Å²) < 4.78 is 10.8. The predicted molar refractivity (Wildman–Crippen MR) is 111 cm³/mol. The van der Waals surface area contributed by atoms with Crippen LogP contribution in [0.1, 0.15) is 6.92 Å². The first-order valence-corrected chi connectivity index (χ1v) is 8.97. The van der Waals surface area contributed by atoms with E-state index in [9.17, 15) is 4.79 Å². The summed E-state index contributed by atoms with van der Waals surface area (Å²) >= 11 is 0. The summed E-state index contributed by atoms with van der Waals surface area (Å²) in [5, 5.41) is 16.8. The zero-order valence-corrected chi connectivity index (χ0v) is 16.2. The molecule has 0 saturated carbocycles. The van der Waals surface area contributed by atoms with Gasteiger partial charge in [0, 0.05) is 18.3 Å². The molecule has 0 saturated heterocycles. The molecule has 150 valence electrons. The lowest BCUT2D eigenvalue weighted by Crippen LogP contribution is -2.13. The molecule has 0 atom stereocenters. The lowest BCUT2D eigenvalue weighted by molar-refractivity contribution is -0.114. The number of nitrogens with zero attached hydrogens (tertiary/aromatic N) is 3. The molecule has 0 bridgehead atoms. The smallest absolute Gasteiger partial charge is 0.249 e. The third-order valence-electron chi connectivity index (χ3n) is 3.76. The van der Waals surface area contributed by atoms with Crippen molar-refractivity contribution in [2.24, 2.45) is 0 Å². The molecule has 3 rings (SSSR count). The van der Waals surface area contributed by atoms with Gasteiger partial charge in [0.25, 0.3) is 0 Å². The number of methoxy groups -OCH3 is 1. The van der Waals surface area contributed by atoms with Crippen molar-refractivity contribution in [1.82, 2.24) is 15.2 Å². The molecule has 1 aromatic heterocycles. The van der Waals surface area contributed by atoms with E-state index in [-0.39, 0.29) is 5.91 Å². The molecule has 0 fully saturated rings. The fraction of sp³-hybridized carbons (Fsp3) is 0.200. The molecule has 2 aromatic carbocycles. The van der Waals surface area contributed by atoms with Crippen molar-refractivity contribution in [3.05, 3.63) is 54.7 Å². The number of benzene rings is 2. The Bertz CT molecular complexity index is 932. The van der Waals surface area contributed by atoms with Gasteiger partial charge in [0.05, 0.1) is 19.9 Å².